The summed E-state index contributed by atoms with van der Waals surface area (Å²) in [6.07, 6.45) is 27.5. The minimum Gasteiger partial charge on any atom is -0.385 e. The Balaban J connectivity index is 1.95. The van der Waals surface area contributed by atoms with Crippen molar-refractivity contribution in [3.05, 3.63) is 130 Å². The molecule has 0 bridgehead atoms. The molecule has 0 aromatic rings. The highest BCUT2D eigenvalue weighted by molar-refractivity contribution is 6.01. The first-order valence-corrected chi connectivity index (χ1v) is 15.4. The number of allylic oxidation sites excluding steroid dienone is 20. The maximum atomic E-state index is 12.2. The molecule has 2 aliphatic rings. The monoisotopic (exact) mass is 596 g/mol. The van der Waals surface area contributed by atoms with Crippen LogP contribution in [0.2, 0.25) is 0 Å². The lowest BCUT2D eigenvalue weighted by molar-refractivity contribution is -0.126. The molecule has 236 valence electrons. The van der Waals surface area contributed by atoms with E-state index in [4.69, 9.17) is 0 Å². The third-order valence-corrected chi connectivity index (χ3v) is 8.31. The van der Waals surface area contributed by atoms with Gasteiger partial charge in [0.15, 0.2) is 11.6 Å². The Morgan fingerprint density at radius 1 is 0.568 bits per heavy atom. The third-order valence-electron chi connectivity index (χ3n) is 8.31. The fourth-order valence-electron chi connectivity index (χ4n) is 5.62. The SMILES string of the molecule is CC1=C(/C=C/C(C)=C\C=C\C(C)=C\C=C\C=C(C)\C=C\C=C(C)/C=C/C2=C(C)C(=O)[C@@H](O)CC2(C)C)C(C)(C)C[C@H](O)C1=O. The van der Waals surface area contributed by atoms with E-state index in [1.54, 1.807) is 13.8 Å². The van der Waals surface area contributed by atoms with Gasteiger partial charge in [-0.3, -0.25) is 9.59 Å². The fourth-order valence-corrected chi connectivity index (χ4v) is 5.62. The van der Waals surface area contributed by atoms with Gasteiger partial charge in [-0.15, -0.1) is 0 Å². The Hall–Kier alpha value is -3.60. The van der Waals surface area contributed by atoms with Gasteiger partial charge in [0, 0.05) is 0 Å². The molecular formula is C40H52O4. The first kappa shape index (κ1) is 36.6. The van der Waals surface area contributed by atoms with Crippen molar-refractivity contribution in [2.24, 2.45) is 10.8 Å². The normalized spacial score (nSPS) is 24.5. The van der Waals surface area contributed by atoms with Crippen molar-refractivity contribution in [3.63, 3.8) is 0 Å². The van der Waals surface area contributed by atoms with Crippen LogP contribution in [0.25, 0.3) is 0 Å². The predicted molar refractivity (Wildman–Crippen MR) is 185 cm³/mol. The number of aliphatic hydroxyl groups is 2. The average Bonchev–Trinajstić information content (AvgIpc) is 2.92. The van der Waals surface area contributed by atoms with Crippen molar-refractivity contribution >= 4 is 11.6 Å². The van der Waals surface area contributed by atoms with Gasteiger partial charge in [0.2, 0.25) is 0 Å². The lowest BCUT2D eigenvalue weighted by atomic mass is 9.71. The van der Waals surface area contributed by atoms with Crippen LogP contribution in [0.3, 0.4) is 0 Å². The molecule has 2 aliphatic carbocycles. The smallest absolute Gasteiger partial charge is 0.187 e. The van der Waals surface area contributed by atoms with Crippen LogP contribution in [0.15, 0.2) is 130 Å². The highest BCUT2D eigenvalue weighted by Crippen LogP contribution is 2.40. The van der Waals surface area contributed by atoms with Crippen molar-refractivity contribution in [3.8, 4) is 0 Å². The minimum atomic E-state index is -0.907. The number of ketones is 2. The molecule has 4 heteroatoms. The zero-order valence-electron chi connectivity index (χ0n) is 28.4. The van der Waals surface area contributed by atoms with Crippen LogP contribution in [0, 0.1) is 10.8 Å². The maximum Gasteiger partial charge on any atom is 0.187 e. The molecule has 0 radical (unpaired) electrons. The summed E-state index contributed by atoms with van der Waals surface area (Å²) in [6, 6.07) is 0. The van der Waals surface area contributed by atoms with E-state index in [0.29, 0.717) is 24.0 Å². The molecule has 0 aromatic heterocycles. The number of hydrogen-bond acceptors (Lipinski definition) is 4. The minimum absolute atomic E-state index is 0.175. The van der Waals surface area contributed by atoms with Gasteiger partial charge in [0.25, 0.3) is 0 Å². The first-order chi connectivity index (χ1) is 20.5. The Morgan fingerprint density at radius 2 is 0.864 bits per heavy atom. The summed E-state index contributed by atoms with van der Waals surface area (Å²) in [4.78, 5) is 24.5. The van der Waals surface area contributed by atoms with Gasteiger partial charge in [0.1, 0.15) is 12.2 Å². The highest BCUT2D eigenvalue weighted by Gasteiger charge is 2.37. The van der Waals surface area contributed by atoms with Crippen LogP contribution >= 0.6 is 0 Å². The molecule has 0 aromatic carbocycles. The summed E-state index contributed by atoms with van der Waals surface area (Å²) in [5.74, 6) is -0.350. The van der Waals surface area contributed by atoms with E-state index in [2.05, 4.69) is 65.8 Å². The number of rotatable bonds is 10. The maximum absolute atomic E-state index is 12.2. The molecule has 44 heavy (non-hydrogen) atoms. The molecule has 0 saturated carbocycles. The molecule has 0 spiro atoms. The van der Waals surface area contributed by atoms with E-state index in [9.17, 15) is 19.8 Å². The number of aliphatic hydroxyl groups excluding tert-OH is 2. The number of carbonyl (C=O) groups is 2. The number of Topliss-reactive ketones (excluding diaryl/α,β-unsaturated/α-hetero) is 2. The molecule has 0 saturated heterocycles. The topological polar surface area (TPSA) is 74.6 Å². The zero-order valence-corrected chi connectivity index (χ0v) is 28.4. The van der Waals surface area contributed by atoms with Crippen LogP contribution < -0.4 is 0 Å². The molecule has 0 aliphatic heterocycles. The molecular weight excluding hydrogens is 544 g/mol. The second-order valence-corrected chi connectivity index (χ2v) is 13.4. The molecule has 0 unspecified atom stereocenters. The quantitative estimate of drug-likeness (QED) is 0.247. The molecule has 2 atom stereocenters. The van der Waals surface area contributed by atoms with Crippen LogP contribution in [0.5, 0.6) is 0 Å². The lowest BCUT2D eigenvalue weighted by Gasteiger charge is -2.34. The van der Waals surface area contributed by atoms with Gasteiger partial charge in [-0.2, -0.15) is 0 Å². The molecule has 2 rings (SSSR count). The Kier molecular flexibility index (Phi) is 13.2. The van der Waals surface area contributed by atoms with Gasteiger partial charge in [0.05, 0.1) is 0 Å². The molecule has 0 fully saturated rings. The van der Waals surface area contributed by atoms with Gasteiger partial charge in [-0.1, -0.05) is 135 Å². The van der Waals surface area contributed by atoms with E-state index in [1.807, 2.05) is 74.6 Å². The van der Waals surface area contributed by atoms with Gasteiger partial charge in [-0.05, 0) is 87.5 Å². The molecule has 4 nitrogen and oxygen atoms in total. The summed E-state index contributed by atoms with van der Waals surface area (Å²) >= 11 is 0. The van der Waals surface area contributed by atoms with Crippen molar-refractivity contribution < 1.29 is 19.8 Å². The second-order valence-electron chi connectivity index (χ2n) is 13.4. The van der Waals surface area contributed by atoms with E-state index in [1.165, 1.54) is 0 Å². The average molecular weight is 597 g/mol. The van der Waals surface area contributed by atoms with E-state index >= 15 is 0 Å². The van der Waals surface area contributed by atoms with E-state index < -0.39 is 12.2 Å². The van der Waals surface area contributed by atoms with Crippen molar-refractivity contribution in [1.29, 1.82) is 0 Å². The van der Waals surface area contributed by atoms with Crippen LogP contribution in [0.4, 0.5) is 0 Å². The van der Waals surface area contributed by atoms with Crippen molar-refractivity contribution in [1.82, 2.24) is 0 Å². The Morgan fingerprint density at radius 3 is 1.20 bits per heavy atom. The van der Waals surface area contributed by atoms with Gasteiger partial charge in [-0.25, -0.2) is 0 Å². The van der Waals surface area contributed by atoms with Gasteiger partial charge < -0.3 is 10.2 Å². The summed E-state index contributed by atoms with van der Waals surface area (Å²) in [5.41, 5.74) is 7.16. The summed E-state index contributed by atoms with van der Waals surface area (Å²) in [6.45, 7) is 20.0. The largest absolute Gasteiger partial charge is 0.385 e. The zero-order chi connectivity index (χ0) is 33.2. The van der Waals surface area contributed by atoms with Crippen LogP contribution in [-0.4, -0.2) is 34.0 Å². The Bertz CT molecular complexity index is 1340. The molecule has 0 amide bonds. The first-order valence-electron chi connectivity index (χ1n) is 15.4. The summed E-state index contributed by atoms with van der Waals surface area (Å²) < 4.78 is 0. The second kappa shape index (κ2) is 15.9. The summed E-state index contributed by atoms with van der Waals surface area (Å²) in [5, 5.41) is 20.0. The Labute approximate surface area is 265 Å². The van der Waals surface area contributed by atoms with E-state index in [-0.39, 0.29) is 22.4 Å². The number of carbonyl (C=O) groups excluding carboxylic acids is 2. The van der Waals surface area contributed by atoms with Crippen LogP contribution in [-0.2, 0) is 9.59 Å². The van der Waals surface area contributed by atoms with Gasteiger partial charge >= 0.3 is 0 Å². The number of hydrogen-bond donors (Lipinski definition) is 2. The van der Waals surface area contributed by atoms with Crippen molar-refractivity contribution in [2.45, 2.75) is 94.3 Å². The molecule has 0 heterocycles. The lowest BCUT2D eigenvalue weighted by Crippen LogP contribution is -2.35. The highest BCUT2D eigenvalue weighted by atomic mass is 16.3. The fraction of sp³-hybridized carbons (Fsp3) is 0.400. The van der Waals surface area contributed by atoms with E-state index in [0.717, 1.165) is 33.4 Å². The predicted octanol–water partition coefficient (Wildman–Crippen LogP) is 8.91. The standard InChI is InChI=1S/C40H52O4/c1-27(17-13-19-29(3)21-23-33-31(5)37(43)35(41)25-39(33,7)8)15-11-12-16-28(2)18-14-20-30(4)22-24-34-32(6)38(44)36(42)26-40(34,9)10/h11-24,35-36,41-42H,25-26H2,1-10H3/b12-11+,17-13+,18-14+,23-21+,24-22+,27-15+,28-16+,29-19-,30-20-/t35-,36-/m0/s1. The van der Waals surface area contributed by atoms with Crippen LogP contribution in [0.1, 0.15) is 82.1 Å². The summed E-state index contributed by atoms with van der Waals surface area (Å²) in [7, 11) is 0. The third kappa shape index (κ3) is 10.5. The molecule has 2 N–H and O–H groups in total. The van der Waals surface area contributed by atoms with Crippen molar-refractivity contribution in [2.75, 3.05) is 0 Å².